The van der Waals surface area contributed by atoms with Crippen molar-refractivity contribution in [1.29, 1.82) is 0 Å². The van der Waals surface area contributed by atoms with Crippen LogP contribution in [-0.2, 0) is 6.54 Å². The van der Waals surface area contributed by atoms with Crippen LogP contribution in [0.3, 0.4) is 0 Å². The lowest BCUT2D eigenvalue weighted by Crippen LogP contribution is -2.37. The highest BCUT2D eigenvalue weighted by atomic mass is 35.5. The Morgan fingerprint density at radius 2 is 2.00 bits per heavy atom. The van der Waals surface area contributed by atoms with E-state index < -0.39 is 0 Å². The molecule has 1 aliphatic rings. The van der Waals surface area contributed by atoms with Crippen LogP contribution in [-0.4, -0.2) is 19.0 Å². The molecule has 0 atom stereocenters. The molecule has 0 bridgehead atoms. The number of rotatable bonds is 6. The second kappa shape index (κ2) is 7.39. The normalized spacial score (nSPS) is 15.4. The molecule has 104 valence electrons. The van der Waals surface area contributed by atoms with E-state index in [1.807, 2.05) is 24.3 Å². The first-order chi connectivity index (χ1) is 9.28. The fourth-order valence-electron chi connectivity index (χ4n) is 1.90. The van der Waals surface area contributed by atoms with Gasteiger partial charge in [-0.1, -0.05) is 36.6 Å². The highest BCUT2D eigenvalue weighted by molar-refractivity contribution is 6.30. The molecule has 4 heteroatoms. The third kappa shape index (κ3) is 5.52. The minimum Gasteiger partial charge on any atom is -0.357 e. The minimum absolute atomic E-state index is 0.677. The Balaban J connectivity index is 1.81. The van der Waals surface area contributed by atoms with E-state index in [9.17, 15) is 0 Å². The van der Waals surface area contributed by atoms with Crippen LogP contribution in [0.1, 0.15) is 31.7 Å². The van der Waals surface area contributed by atoms with Gasteiger partial charge in [0.1, 0.15) is 0 Å². The van der Waals surface area contributed by atoms with Crippen molar-refractivity contribution in [2.75, 3.05) is 13.1 Å². The van der Waals surface area contributed by atoms with Gasteiger partial charge in [-0.05, 0) is 37.0 Å². The maximum atomic E-state index is 5.87. The molecule has 2 N–H and O–H groups in total. The van der Waals surface area contributed by atoms with E-state index in [4.69, 9.17) is 11.6 Å². The van der Waals surface area contributed by atoms with Gasteiger partial charge in [-0.25, -0.2) is 4.99 Å². The van der Waals surface area contributed by atoms with E-state index in [2.05, 4.69) is 22.5 Å². The summed E-state index contributed by atoms with van der Waals surface area (Å²) in [6.45, 7) is 4.66. The average molecular weight is 280 g/mol. The third-order valence-electron chi connectivity index (χ3n) is 3.22. The van der Waals surface area contributed by atoms with Crippen LogP contribution in [0, 0.1) is 5.92 Å². The second-order valence-electron chi connectivity index (χ2n) is 4.98. The lowest BCUT2D eigenvalue weighted by Gasteiger charge is -2.11. The average Bonchev–Trinajstić information content (AvgIpc) is 3.22. The van der Waals surface area contributed by atoms with E-state index in [-0.39, 0.29) is 0 Å². The molecule has 0 spiro atoms. The fraction of sp³-hybridized carbons (Fsp3) is 0.533. The standard InChI is InChI=1S/C15H22ClN3/c1-2-17-15(18-10-9-12-3-4-12)19-11-13-5-7-14(16)8-6-13/h5-8,12H,2-4,9-11H2,1H3,(H2,17,18,19). The predicted molar refractivity (Wildman–Crippen MR) is 81.6 cm³/mol. The zero-order valence-corrected chi connectivity index (χ0v) is 12.2. The summed E-state index contributed by atoms with van der Waals surface area (Å²) >= 11 is 5.87. The second-order valence-corrected chi connectivity index (χ2v) is 5.42. The van der Waals surface area contributed by atoms with E-state index >= 15 is 0 Å². The number of hydrogen-bond donors (Lipinski definition) is 2. The number of nitrogens with zero attached hydrogens (tertiary/aromatic N) is 1. The van der Waals surface area contributed by atoms with Gasteiger partial charge in [0.05, 0.1) is 6.54 Å². The van der Waals surface area contributed by atoms with Crippen molar-refractivity contribution in [1.82, 2.24) is 10.6 Å². The molecule has 0 aromatic heterocycles. The zero-order valence-electron chi connectivity index (χ0n) is 11.5. The molecule has 0 saturated heterocycles. The number of nitrogens with one attached hydrogen (secondary N) is 2. The molecule has 1 saturated carbocycles. The van der Waals surface area contributed by atoms with E-state index in [0.29, 0.717) is 6.54 Å². The molecule has 1 fully saturated rings. The van der Waals surface area contributed by atoms with Crippen molar-refractivity contribution < 1.29 is 0 Å². The van der Waals surface area contributed by atoms with Crippen LogP contribution >= 0.6 is 11.6 Å². The van der Waals surface area contributed by atoms with Gasteiger partial charge < -0.3 is 10.6 Å². The van der Waals surface area contributed by atoms with E-state index in [0.717, 1.165) is 30.0 Å². The van der Waals surface area contributed by atoms with Crippen LogP contribution in [0.15, 0.2) is 29.3 Å². The van der Waals surface area contributed by atoms with Crippen molar-refractivity contribution in [2.24, 2.45) is 10.9 Å². The Morgan fingerprint density at radius 3 is 2.63 bits per heavy atom. The van der Waals surface area contributed by atoms with E-state index in [1.165, 1.54) is 24.8 Å². The Hall–Kier alpha value is -1.22. The summed E-state index contributed by atoms with van der Waals surface area (Å²) in [6, 6.07) is 7.83. The largest absolute Gasteiger partial charge is 0.357 e. The van der Waals surface area contributed by atoms with Gasteiger partial charge in [-0.2, -0.15) is 0 Å². The van der Waals surface area contributed by atoms with Crippen molar-refractivity contribution in [3.05, 3.63) is 34.9 Å². The summed E-state index contributed by atoms with van der Waals surface area (Å²) in [5.74, 6) is 1.85. The smallest absolute Gasteiger partial charge is 0.191 e. The monoisotopic (exact) mass is 279 g/mol. The molecule has 0 aliphatic heterocycles. The highest BCUT2D eigenvalue weighted by Crippen LogP contribution is 2.31. The van der Waals surface area contributed by atoms with Crippen LogP contribution in [0.4, 0.5) is 0 Å². The van der Waals surface area contributed by atoms with E-state index in [1.54, 1.807) is 0 Å². The van der Waals surface area contributed by atoms with Gasteiger partial charge in [0, 0.05) is 18.1 Å². The molecule has 0 unspecified atom stereocenters. The maximum Gasteiger partial charge on any atom is 0.191 e. The Kier molecular flexibility index (Phi) is 5.52. The van der Waals surface area contributed by atoms with Crippen molar-refractivity contribution in [2.45, 2.75) is 32.7 Å². The lowest BCUT2D eigenvalue weighted by atomic mass is 10.2. The number of benzene rings is 1. The summed E-state index contributed by atoms with van der Waals surface area (Å²) in [6.07, 6.45) is 4.06. The SMILES string of the molecule is CCNC(=NCc1ccc(Cl)cc1)NCCC1CC1. The number of halogens is 1. The third-order valence-corrected chi connectivity index (χ3v) is 3.47. The van der Waals surface area contributed by atoms with Crippen molar-refractivity contribution in [3.63, 3.8) is 0 Å². The maximum absolute atomic E-state index is 5.87. The van der Waals surface area contributed by atoms with Crippen molar-refractivity contribution >= 4 is 17.6 Å². The number of aliphatic imine (C=N–C) groups is 1. The van der Waals surface area contributed by atoms with Gasteiger partial charge in [-0.3, -0.25) is 0 Å². The molecule has 19 heavy (non-hydrogen) atoms. The topological polar surface area (TPSA) is 36.4 Å². The van der Waals surface area contributed by atoms with Crippen LogP contribution in [0.5, 0.6) is 0 Å². The van der Waals surface area contributed by atoms with Crippen LogP contribution in [0.25, 0.3) is 0 Å². The molecular weight excluding hydrogens is 258 g/mol. The van der Waals surface area contributed by atoms with Gasteiger partial charge in [0.2, 0.25) is 0 Å². The number of guanidine groups is 1. The molecule has 1 aliphatic carbocycles. The summed E-state index contributed by atoms with van der Waals surface area (Å²) < 4.78 is 0. The first-order valence-corrected chi connectivity index (χ1v) is 7.42. The fourth-order valence-corrected chi connectivity index (χ4v) is 2.03. The Morgan fingerprint density at radius 1 is 1.26 bits per heavy atom. The zero-order chi connectivity index (χ0) is 13.5. The van der Waals surface area contributed by atoms with Gasteiger partial charge in [0.15, 0.2) is 5.96 Å². The molecule has 0 radical (unpaired) electrons. The van der Waals surface area contributed by atoms with Crippen LogP contribution < -0.4 is 10.6 Å². The first-order valence-electron chi connectivity index (χ1n) is 7.04. The summed E-state index contributed by atoms with van der Waals surface area (Å²) in [4.78, 5) is 4.58. The molecular formula is C15H22ClN3. The van der Waals surface area contributed by atoms with Gasteiger partial charge in [-0.15, -0.1) is 0 Å². The molecule has 2 rings (SSSR count). The Labute approximate surface area is 120 Å². The minimum atomic E-state index is 0.677. The lowest BCUT2D eigenvalue weighted by molar-refractivity contribution is 0.685. The first kappa shape index (κ1) is 14.2. The summed E-state index contributed by atoms with van der Waals surface area (Å²) in [5.41, 5.74) is 1.17. The Bertz CT molecular complexity index is 410. The number of hydrogen-bond acceptors (Lipinski definition) is 1. The highest BCUT2D eigenvalue weighted by Gasteiger charge is 2.20. The van der Waals surface area contributed by atoms with Crippen molar-refractivity contribution in [3.8, 4) is 0 Å². The molecule has 0 amide bonds. The van der Waals surface area contributed by atoms with Crippen LogP contribution in [0.2, 0.25) is 5.02 Å². The summed E-state index contributed by atoms with van der Waals surface area (Å²) in [7, 11) is 0. The summed E-state index contributed by atoms with van der Waals surface area (Å²) in [5, 5.41) is 7.42. The van der Waals surface area contributed by atoms with Gasteiger partial charge in [0.25, 0.3) is 0 Å². The molecule has 1 aromatic rings. The molecule has 0 heterocycles. The molecule has 3 nitrogen and oxygen atoms in total. The predicted octanol–water partition coefficient (Wildman–Crippen LogP) is 3.20. The quantitative estimate of drug-likeness (QED) is 0.620. The van der Waals surface area contributed by atoms with Gasteiger partial charge >= 0.3 is 0 Å². The molecule has 1 aromatic carbocycles.